The van der Waals surface area contributed by atoms with E-state index in [-0.39, 0.29) is 6.04 Å². The van der Waals surface area contributed by atoms with E-state index < -0.39 is 0 Å². The first-order valence-electron chi connectivity index (χ1n) is 7.02. The molecule has 1 atom stereocenters. The third-order valence-electron chi connectivity index (χ3n) is 3.37. The minimum atomic E-state index is 0.117. The van der Waals surface area contributed by atoms with E-state index >= 15 is 0 Å². The minimum absolute atomic E-state index is 0.117. The summed E-state index contributed by atoms with van der Waals surface area (Å²) < 4.78 is 7.23. The highest BCUT2D eigenvalue weighted by atomic mass is 16.5. The van der Waals surface area contributed by atoms with Crippen LogP contribution in [0.2, 0.25) is 0 Å². The normalized spacial score (nSPS) is 12.9. The van der Waals surface area contributed by atoms with E-state index in [1.807, 2.05) is 0 Å². The van der Waals surface area contributed by atoms with Crippen molar-refractivity contribution in [3.8, 4) is 0 Å². The second kappa shape index (κ2) is 7.54. The first-order chi connectivity index (χ1) is 8.69. The van der Waals surface area contributed by atoms with Crippen molar-refractivity contribution in [2.45, 2.75) is 59.0 Å². The van der Waals surface area contributed by atoms with Gasteiger partial charge in [-0.25, -0.2) is 0 Å². The van der Waals surface area contributed by atoms with Gasteiger partial charge in [0.1, 0.15) is 0 Å². The van der Waals surface area contributed by atoms with E-state index in [1.165, 1.54) is 17.0 Å². The topological polar surface area (TPSA) is 53.1 Å². The Morgan fingerprint density at radius 1 is 1.28 bits per heavy atom. The van der Waals surface area contributed by atoms with Crippen molar-refractivity contribution in [1.82, 2.24) is 9.78 Å². The van der Waals surface area contributed by atoms with Crippen molar-refractivity contribution in [3.05, 3.63) is 17.0 Å². The number of nitrogens with zero attached hydrogens (tertiary/aromatic N) is 2. The van der Waals surface area contributed by atoms with Gasteiger partial charge in [0.25, 0.3) is 0 Å². The molecule has 0 aliphatic rings. The number of ether oxygens (including phenoxy) is 1. The maximum atomic E-state index is 6.24. The van der Waals surface area contributed by atoms with E-state index in [2.05, 4.69) is 25.5 Å². The molecule has 0 bridgehead atoms. The number of aromatic nitrogens is 2. The number of hydrogen-bond acceptors (Lipinski definition) is 3. The van der Waals surface area contributed by atoms with Gasteiger partial charge in [0.15, 0.2) is 0 Å². The first kappa shape index (κ1) is 15.2. The molecule has 0 aliphatic heterocycles. The third-order valence-corrected chi connectivity index (χ3v) is 3.37. The number of methoxy groups -OCH3 is 1. The van der Waals surface area contributed by atoms with Crippen LogP contribution in [0, 0.1) is 0 Å². The number of rotatable bonds is 8. The Balaban J connectivity index is 3.00. The van der Waals surface area contributed by atoms with Crippen LogP contribution < -0.4 is 5.73 Å². The largest absolute Gasteiger partial charge is 0.385 e. The summed E-state index contributed by atoms with van der Waals surface area (Å²) in [5.74, 6) is 0. The second-order valence-corrected chi connectivity index (χ2v) is 4.60. The summed E-state index contributed by atoms with van der Waals surface area (Å²) in [5.41, 5.74) is 9.98. The van der Waals surface area contributed by atoms with Gasteiger partial charge in [0.05, 0.1) is 5.69 Å². The predicted molar refractivity (Wildman–Crippen MR) is 74.7 cm³/mol. The smallest absolute Gasteiger partial charge is 0.0672 e. The zero-order valence-corrected chi connectivity index (χ0v) is 12.2. The molecule has 1 aromatic rings. The fourth-order valence-corrected chi connectivity index (χ4v) is 2.38. The molecule has 0 aromatic carbocycles. The molecule has 4 heteroatoms. The van der Waals surface area contributed by atoms with Crippen molar-refractivity contribution in [2.75, 3.05) is 13.7 Å². The highest BCUT2D eigenvalue weighted by Gasteiger charge is 2.19. The summed E-state index contributed by atoms with van der Waals surface area (Å²) in [4.78, 5) is 0. The van der Waals surface area contributed by atoms with Gasteiger partial charge >= 0.3 is 0 Å². The van der Waals surface area contributed by atoms with Crippen LogP contribution in [0.3, 0.4) is 0 Å². The van der Waals surface area contributed by atoms with E-state index in [1.54, 1.807) is 7.11 Å². The van der Waals surface area contributed by atoms with Crippen LogP contribution in [-0.2, 0) is 24.1 Å². The van der Waals surface area contributed by atoms with Crippen LogP contribution >= 0.6 is 0 Å². The molecule has 1 unspecified atom stereocenters. The molecule has 1 heterocycles. The Hall–Kier alpha value is -0.870. The standard InChI is InChI=1S/C14H27N3O/c1-5-11(15)14-12(6-2)16-17(13(14)7-3)9-8-10-18-4/h11H,5-10,15H2,1-4H3. The summed E-state index contributed by atoms with van der Waals surface area (Å²) in [6, 6.07) is 0.117. The van der Waals surface area contributed by atoms with Gasteiger partial charge in [-0.1, -0.05) is 20.8 Å². The molecule has 0 aliphatic carbocycles. The fourth-order valence-electron chi connectivity index (χ4n) is 2.38. The fraction of sp³-hybridized carbons (Fsp3) is 0.786. The third kappa shape index (κ3) is 3.33. The Bertz CT molecular complexity index is 360. The lowest BCUT2D eigenvalue weighted by atomic mass is 10.00. The molecule has 0 saturated heterocycles. The molecule has 0 radical (unpaired) electrons. The van der Waals surface area contributed by atoms with Crippen LogP contribution in [0.15, 0.2) is 0 Å². The molecule has 1 aromatic heterocycles. The zero-order chi connectivity index (χ0) is 13.5. The quantitative estimate of drug-likeness (QED) is 0.724. The summed E-state index contributed by atoms with van der Waals surface area (Å²) in [5, 5.41) is 4.72. The summed E-state index contributed by atoms with van der Waals surface area (Å²) >= 11 is 0. The summed E-state index contributed by atoms with van der Waals surface area (Å²) in [6.45, 7) is 8.15. The number of hydrogen-bond donors (Lipinski definition) is 1. The van der Waals surface area contributed by atoms with Crippen LogP contribution in [0.4, 0.5) is 0 Å². The Labute approximate surface area is 111 Å². The van der Waals surface area contributed by atoms with Crippen LogP contribution in [0.1, 0.15) is 56.6 Å². The van der Waals surface area contributed by atoms with Crippen LogP contribution in [0.5, 0.6) is 0 Å². The van der Waals surface area contributed by atoms with Crippen LogP contribution in [0.25, 0.3) is 0 Å². The number of aryl methyl sites for hydroxylation is 2. The molecule has 18 heavy (non-hydrogen) atoms. The van der Waals surface area contributed by atoms with E-state index in [4.69, 9.17) is 15.6 Å². The summed E-state index contributed by atoms with van der Waals surface area (Å²) in [6.07, 6.45) is 3.90. The van der Waals surface area contributed by atoms with Crippen molar-refractivity contribution in [2.24, 2.45) is 5.73 Å². The number of nitrogens with two attached hydrogens (primary N) is 1. The molecule has 0 saturated carbocycles. The van der Waals surface area contributed by atoms with Gasteiger partial charge in [-0.3, -0.25) is 4.68 Å². The summed E-state index contributed by atoms with van der Waals surface area (Å²) in [7, 11) is 1.74. The van der Waals surface area contributed by atoms with Crippen LogP contribution in [-0.4, -0.2) is 23.5 Å². The van der Waals surface area contributed by atoms with Gasteiger partial charge in [0, 0.05) is 37.6 Å². The van der Waals surface area contributed by atoms with Gasteiger partial charge in [0.2, 0.25) is 0 Å². The Morgan fingerprint density at radius 3 is 2.50 bits per heavy atom. The maximum absolute atomic E-state index is 6.24. The molecule has 0 amide bonds. The van der Waals surface area contributed by atoms with Gasteiger partial charge in [-0.2, -0.15) is 5.10 Å². The zero-order valence-electron chi connectivity index (χ0n) is 12.2. The first-order valence-corrected chi connectivity index (χ1v) is 7.02. The predicted octanol–water partition coefficient (Wildman–Crippen LogP) is 2.45. The maximum Gasteiger partial charge on any atom is 0.0672 e. The Morgan fingerprint density at radius 2 is 2.00 bits per heavy atom. The van der Waals surface area contributed by atoms with Crippen molar-refractivity contribution in [1.29, 1.82) is 0 Å². The molecule has 104 valence electrons. The lowest BCUT2D eigenvalue weighted by Gasteiger charge is -2.12. The second-order valence-electron chi connectivity index (χ2n) is 4.60. The molecular weight excluding hydrogens is 226 g/mol. The molecule has 4 nitrogen and oxygen atoms in total. The average molecular weight is 253 g/mol. The van der Waals surface area contributed by atoms with Gasteiger partial charge in [-0.15, -0.1) is 0 Å². The highest BCUT2D eigenvalue weighted by Crippen LogP contribution is 2.24. The van der Waals surface area contributed by atoms with Crippen molar-refractivity contribution in [3.63, 3.8) is 0 Å². The molecule has 1 rings (SSSR count). The minimum Gasteiger partial charge on any atom is -0.385 e. The monoisotopic (exact) mass is 253 g/mol. The SMILES string of the molecule is CCc1nn(CCCOC)c(CC)c1C(N)CC. The Kier molecular flexibility index (Phi) is 6.36. The van der Waals surface area contributed by atoms with Gasteiger partial charge < -0.3 is 10.5 Å². The molecule has 0 spiro atoms. The molecule has 2 N–H and O–H groups in total. The average Bonchev–Trinajstić information content (AvgIpc) is 2.75. The highest BCUT2D eigenvalue weighted by molar-refractivity contribution is 5.30. The lowest BCUT2D eigenvalue weighted by Crippen LogP contribution is -2.13. The van der Waals surface area contributed by atoms with E-state index in [0.29, 0.717) is 0 Å². The van der Waals surface area contributed by atoms with Crippen molar-refractivity contribution < 1.29 is 4.74 Å². The van der Waals surface area contributed by atoms with Crippen molar-refractivity contribution >= 4 is 0 Å². The molecular formula is C14H27N3O. The van der Waals surface area contributed by atoms with E-state index in [9.17, 15) is 0 Å². The molecule has 0 fully saturated rings. The lowest BCUT2D eigenvalue weighted by molar-refractivity contribution is 0.188. The van der Waals surface area contributed by atoms with E-state index in [0.717, 1.165) is 38.8 Å². The van der Waals surface area contributed by atoms with Gasteiger partial charge in [-0.05, 0) is 25.7 Å².